The number of nitrogens with zero attached hydrogens (tertiary/aromatic N) is 5. The summed E-state index contributed by atoms with van der Waals surface area (Å²) in [4.78, 5) is 34.5. The number of hydrogen-bond donors (Lipinski definition) is 1. The van der Waals surface area contributed by atoms with Gasteiger partial charge in [-0.2, -0.15) is 5.10 Å². The number of halogens is 1. The van der Waals surface area contributed by atoms with Crippen LogP contribution in [0.2, 0.25) is 5.02 Å². The van der Waals surface area contributed by atoms with Crippen molar-refractivity contribution in [1.82, 2.24) is 29.9 Å². The highest BCUT2D eigenvalue weighted by atomic mass is 35.5. The van der Waals surface area contributed by atoms with Crippen LogP contribution in [0.15, 0.2) is 36.9 Å². The van der Waals surface area contributed by atoms with Gasteiger partial charge in [-0.3, -0.25) is 14.3 Å². The molecule has 2 heterocycles. The van der Waals surface area contributed by atoms with Crippen LogP contribution in [-0.4, -0.2) is 75.6 Å². The number of carbonyl (C=O) groups is 2. The fraction of sp³-hybridized carbons (Fsp3) is 0.697. The summed E-state index contributed by atoms with van der Waals surface area (Å²) in [7, 11) is 3.66. The van der Waals surface area contributed by atoms with E-state index in [0.29, 0.717) is 29.7 Å². The van der Waals surface area contributed by atoms with Crippen molar-refractivity contribution in [3.8, 4) is 0 Å². The molecule has 9 heteroatoms. The van der Waals surface area contributed by atoms with E-state index in [1.54, 1.807) is 11.2 Å². The van der Waals surface area contributed by atoms with Crippen LogP contribution < -0.4 is 5.32 Å². The predicted molar refractivity (Wildman–Crippen MR) is 166 cm³/mol. The fourth-order valence-corrected chi connectivity index (χ4v) is 7.89. The van der Waals surface area contributed by atoms with Gasteiger partial charge in [0.1, 0.15) is 12.7 Å². The largest absolute Gasteiger partial charge is 0.349 e. The molecule has 1 aromatic carbocycles. The topological polar surface area (TPSA) is 83.4 Å². The maximum atomic E-state index is 14.2. The second kappa shape index (κ2) is 14.3. The van der Waals surface area contributed by atoms with Crippen molar-refractivity contribution in [1.29, 1.82) is 0 Å². The third-order valence-corrected chi connectivity index (χ3v) is 10.6. The van der Waals surface area contributed by atoms with Crippen molar-refractivity contribution < 1.29 is 9.59 Å². The van der Waals surface area contributed by atoms with Gasteiger partial charge in [0.05, 0.1) is 6.04 Å². The molecule has 230 valence electrons. The minimum Gasteiger partial charge on any atom is -0.349 e. The standard InChI is InChI=1S/C33H49ClN6O2/c1-38(2)31(41)21-26-10-14-29(15-11-26)37-30(20-25-8-12-28(34)13-9-25)32(42)39-18-16-33(17-19-39,22-40-24-35-23-36-40)27-6-4-3-5-7-27/h8-9,12-13,23-24,26-27,29-30,37H,3-7,10-11,14-22H2,1-2H3/t26?,29?,30-/m1/s1. The van der Waals surface area contributed by atoms with Gasteiger partial charge in [0, 0.05) is 51.2 Å². The summed E-state index contributed by atoms with van der Waals surface area (Å²) in [5.41, 5.74) is 1.29. The Labute approximate surface area is 256 Å². The lowest BCUT2D eigenvalue weighted by molar-refractivity contribution is -0.137. The average Bonchev–Trinajstić information content (AvgIpc) is 3.52. The molecule has 3 aliphatic rings. The Morgan fingerprint density at radius 1 is 1.02 bits per heavy atom. The van der Waals surface area contributed by atoms with Gasteiger partial charge < -0.3 is 15.1 Å². The Morgan fingerprint density at radius 3 is 2.33 bits per heavy atom. The molecule has 42 heavy (non-hydrogen) atoms. The molecule has 3 fully saturated rings. The van der Waals surface area contributed by atoms with E-state index >= 15 is 0 Å². The van der Waals surface area contributed by atoms with Gasteiger partial charge in [-0.25, -0.2) is 4.98 Å². The highest BCUT2D eigenvalue weighted by Crippen LogP contribution is 2.47. The molecule has 0 spiro atoms. The Morgan fingerprint density at radius 2 is 1.71 bits per heavy atom. The first-order valence-corrected chi connectivity index (χ1v) is 16.5. The van der Waals surface area contributed by atoms with E-state index in [-0.39, 0.29) is 29.3 Å². The van der Waals surface area contributed by atoms with Gasteiger partial charge in [-0.05, 0) is 92.7 Å². The summed E-state index contributed by atoms with van der Waals surface area (Å²) < 4.78 is 2.01. The lowest BCUT2D eigenvalue weighted by atomic mass is 9.63. The fourth-order valence-electron chi connectivity index (χ4n) is 7.76. The highest BCUT2D eigenvalue weighted by Gasteiger charge is 2.44. The van der Waals surface area contributed by atoms with Gasteiger partial charge in [0.15, 0.2) is 0 Å². The number of likely N-dealkylation sites (tertiary alicyclic amines) is 1. The maximum Gasteiger partial charge on any atom is 0.240 e. The smallest absolute Gasteiger partial charge is 0.240 e. The number of hydrogen-bond acceptors (Lipinski definition) is 5. The van der Waals surface area contributed by atoms with Crippen LogP contribution in [0.4, 0.5) is 0 Å². The summed E-state index contributed by atoms with van der Waals surface area (Å²) in [6.45, 7) is 2.48. The predicted octanol–water partition coefficient (Wildman–Crippen LogP) is 5.36. The zero-order chi connectivity index (χ0) is 29.5. The van der Waals surface area contributed by atoms with Crippen LogP contribution in [0.1, 0.15) is 82.6 Å². The van der Waals surface area contributed by atoms with Crippen LogP contribution in [0, 0.1) is 17.3 Å². The summed E-state index contributed by atoms with van der Waals surface area (Å²) in [6.07, 6.45) is 17.4. The molecule has 1 N–H and O–H groups in total. The van der Waals surface area contributed by atoms with E-state index in [4.69, 9.17) is 11.6 Å². The normalized spacial score (nSPS) is 23.8. The molecule has 5 rings (SSSR count). The molecule has 1 saturated heterocycles. The van der Waals surface area contributed by atoms with E-state index in [1.165, 1.54) is 32.1 Å². The van der Waals surface area contributed by atoms with Crippen molar-refractivity contribution in [2.45, 2.75) is 102 Å². The first-order valence-electron chi connectivity index (χ1n) is 16.1. The molecule has 0 radical (unpaired) electrons. The molecule has 0 unspecified atom stereocenters. The second-order valence-electron chi connectivity index (χ2n) is 13.4. The van der Waals surface area contributed by atoms with Crippen LogP contribution in [0.3, 0.4) is 0 Å². The van der Waals surface area contributed by atoms with Crippen molar-refractivity contribution in [3.63, 3.8) is 0 Å². The zero-order valence-corrected chi connectivity index (χ0v) is 26.3. The van der Waals surface area contributed by atoms with Crippen LogP contribution in [0.5, 0.6) is 0 Å². The lowest BCUT2D eigenvalue weighted by Crippen LogP contribution is -2.55. The number of amides is 2. The third kappa shape index (κ3) is 7.93. The minimum atomic E-state index is -0.270. The number of benzene rings is 1. The highest BCUT2D eigenvalue weighted by molar-refractivity contribution is 6.30. The SMILES string of the molecule is CN(C)C(=O)CC1CCC(N[C@H](Cc2ccc(Cl)cc2)C(=O)N2CCC(Cn3cncn3)(C3CCCCC3)CC2)CC1. The minimum absolute atomic E-state index is 0.173. The molecule has 2 aliphatic carbocycles. The zero-order valence-electron chi connectivity index (χ0n) is 25.5. The average molecular weight is 597 g/mol. The van der Waals surface area contributed by atoms with Crippen LogP contribution in [0.25, 0.3) is 0 Å². The van der Waals surface area contributed by atoms with Gasteiger partial charge in [0.2, 0.25) is 11.8 Å². The molecular weight excluding hydrogens is 548 g/mol. The first kappa shape index (κ1) is 31.0. The van der Waals surface area contributed by atoms with Crippen molar-refractivity contribution in [2.75, 3.05) is 27.2 Å². The molecular formula is C33H49ClN6O2. The van der Waals surface area contributed by atoms with Crippen LogP contribution >= 0.6 is 11.6 Å². The quantitative estimate of drug-likeness (QED) is 0.399. The Hall–Kier alpha value is -2.45. The summed E-state index contributed by atoms with van der Waals surface area (Å²) in [6, 6.07) is 7.92. The molecule has 2 aromatic rings. The van der Waals surface area contributed by atoms with Gasteiger partial charge in [0.25, 0.3) is 0 Å². The molecule has 2 amide bonds. The Bertz CT molecular complexity index is 1130. The third-order valence-electron chi connectivity index (χ3n) is 10.4. The van der Waals surface area contributed by atoms with Crippen LogP contribution in [-0.2, 0) is 22.6 Å². The van der Waals surface area contributed by atoms with Crippen molar-refractivity contribution >= 4 is 23.4 Å². The maximum absolute atomic E-state index is 14.2. The molecule has 1 atom stereocenters. The monoisotopic (exact) mass is 596 g/mol. The Kier molecular flexibility index (Phi) is 10.6. The van der Waals surface area contributed by atoms with E-state index in [2.05, 4.69) is 20.3 Å². The Balaban J connectivity index is 1.25. The summed E-state index contributed by atoms with van der Waals surface area (Å²) in [5, 5.41) is 8.97. The van der Waals surface area contributed by atoms with Crippen molar-refractivity contribution in [3.05, 3.63) is 47.5 Å². The molecule has 1 aliphatic heterocycles. The summed E-state index contributed by atoms with van der Waals surface area (Å²) in [5.74, 6) is 1.54. The number of rotatable bonds is 10. The van der Waals surface area contributed by atoms with E-state index in [1.807, 2.05) is 49.4 Å². The summed E-state index contributed by atoms with van der Waals surface area (Å²) >= 11 is 6.17. The van der Waals surface area contributed by atoms with E-state index < -0.39 is 0 Å². The molecule has 2 saturated carbocycles. The molecule has 0 bridgehead atoms. The van der Waals surface area contributed by atoms with E-state index in [9.17, 15) is 9.59 Å². The second-order valence-corrected chi connectivity index (χ2v) is 13.8. The van der Waals surface area contributed by atoms with Gasteiger partial charge >= 0.3 is 0 Å². The number of piperidine rings is 1. The lowest BCUT2D eigenvalue weighted by Gasteiger charge is -2.48. The van der Waals surface area contributed by atoms with Gasteiger partial charge in [-0.15, -0.1) is 0 Å². The number of aromatic nitrogens is 3. The number of nitrogens with one attached hydrogen (secondary N) is 1. The molecule has 8 nitrogen and oxygen atoms in total. The van der Waals surface area contributed by atoms with Gasteiger partial charge in [-0.1, -0.05) is 43.0 Å². The number of carbonyl (C=O) groups excluding carboxylic acids is 2. The van der Waals surface area contributed by atoms with E-state index in [0.717, 1.165) is 63.7 Å². The van der Waals surface area contributed by atoms with Crippen molar-refractivity contribution in [2.24, 2.45) is 17.3 Å². The molecule has 1 aromatic heterocycles. The first-order chi connectivity index (χ1) is 20.3.